The van der Waals surface area contributed by atoms with E-state index < -0.39 is 15.4 Å². The molecular formula is C35H33ClFN5O4S. The van der Waals surface area contributed by atoms with Crippen LogP contribution in [0, 0.1) is 5.82 Å². The molecule has 47 heavy (non-hydrogen) atoms. The number of aromatic nitrogens is 3. The lowest BCUT2D eigenvalue weighted by atomic mass is 9.87. The highest BCUT2D eigenvalue weighted by molar-refractivity contribution is 7.91. The second-order valence-electron chi connectivity index (χ2n) is 11.4. The van der Waals surface area contributed by atoms with E-state index in [4.69, 9.17) is 26.1 Å². The number of hydrogen-bond donors (Lipinski definition) is 1. The fraction of sp³-hybridized carbons (Fsp3) is 0.229. The third kappa shape index (κ3) is 7.07. The quantitative estimate of drug-likeness (QED) is 0.149. The van der Waals surface area contributed by atoms with Gasteiger partial charge in [-0.15, -0.1) is 0 Å². The van der Waals surface area contributed by atoms with E-state index in [2.05, 4.69) is 15.3 Å². The molecule has 12 heteroatoms. The van der Waals surface area contributed by atoms with Crippen LogP contribution in [0.15, 0.2) is 109 Å². The fourth-order valence-corrected chi connectivity index (χ4v) is 7.13. The zero-order valence-corrected chi connectivity index (χ0v) is 27.4. The minimum Gasteiger partial charge on any atom is -0.487 e. The number of ether oxygens (including phenoxy) is 2. The Morgan fingerprint density at radius 2 is 1.89 bits per heavy atom. The van der Waals surface area contributed by atoms with E-state index in [0.29, 0.717) is 56.9 Å². The minimum absolute atomic E-state index is 0.0361. The number of anilines is 2. The van der Waals surface area contributed by atoms with Gasteiger partial charge < -0.3 is 14.8 Å². The third-order valence-corrected chi connectivity index (χ3v) is 10.4. The van der Waals surface area contributed by atoms with E-state index in [-0.39, 0.29) is 24.2 Å². The number of pyridine rings is 1. The average molecular weight is 674 g/mol. The molecule has 2 atom stereocenters. The lowest BCUT2D eigenvalue weighted by Gasteiger charge is -2.39. The Kier molecular flexibility index (Phi) is 9.40. The van der Waals surface area contributed by atoms with Gasteiger partial charge in [-0.2, -0.15) is 0 Å². The van der Waals surface area contributed by atoms with Gasteiger partial charge in [-0.1, -0.05) is 41.9 Å². The number of rotatable bonds is 12. The molecule has 1 N–H and O–H groups in total. The van der Waals surface area contributed by atoms with Gasteiger partial charge in [0, 0.05) is 24.0 Å². The van der Waals surface area contributed by atoms with Crippen molar-refractivity contribution < 1.29 is 22.3 Å². The molecule has 2 aromatic heterocycles. The molecule has 2 unspecified atom stereocenters. The topological polar surface area (TPSA) is 107 Å². The van der Waals surface area contributed by atoms with Crippen molar-refractivity contribution in [3.8, 4) is 5.75 Å². The number of benzene rings is 3. The Morgan fingerprint density at radius 3 is 2.64 bits per heavy atom. The highest BCUT2D eigenvalue weighted by Gasteiger charge is 2.44. The molecule has 6 rings (SSSR count). The van der Waals surface area contributed by atoms with Crippen molar-refractivity contribution in [3.05, 3.63) is 126 Å². The van der Waals surface area contributed by atoms with E-state index in [0.717, 1.165) is 5.39 Å². The van der Waals surface area contributed by atoms with Gasteiger partial charge in [-0.25, -0.2) is 22.8 Å². The lowest BCUT2D eigenvalue weighted by molar-refractivity contribution is -0.0340. The van der Waals surface area contributed by atoms with E-state index in [1.807, 2.05) is 37.1 Å². The zero-order chi connectivity index (χ0) is 33.0. The maximum absolute atomic E-state index is 13.5. The first-order valence-corrected chi connectivity index (χ1v) is 17.0. The summed E-state index contributed by atoms with van der Waals surface area (Å²) in [5, 5.41) is 4.43. The Labute approximate surface area is 278 Å². The average Bonchev–Trinajstić information content (AvgIpc) is 3.58. The molecule has 3 aromatic carbocycles. The van der Waals surface area contributed by atoms with Crippen molar-refractivity contribution in [3.63, 3.8) is 0 Å². The van der Waals surface area contributed by atoms with Gasteiger partial charge in [-0.05, 0) is 74.1 Å². The van der Waals surface area contributed by atoms with E-state index >= 15 is 0 Å². The number of nitrogens with zero attached hydrogens (tertiary/aromatic N) is 4. The summed E-state index contributed by atoms with van der Waals surface area (Å²) in [6.45, 7) is 2.48. The Morgan fingerprint density at radius 1 is 1.06 bits per heavy atom. The number of nitrogens with one attached hydrogen (secondary N) is 1. The number of fused-ring (bicyclic) bond motifs is 1. The molecule has 242 valence electrons. The Bertz CT molecular complexity index is 2020. The summed E-state index contributed by atoms with van der Waals surface area (Å²) < 4.78 is 51.6. The first-order chi connectivity index (χ1) is 22.6. The smallest absolute Gasteiger partial charge is 0.179 e. The molecule has 3 heterocycles. The second-order valence-corrected chi connectivity index (χ2v) is 13.9. The summed E-state index contributed by atoms with van der Waals surface area (Å²) in [6.07, 6.45) is 7.29. The van der Waals surface area contributed by atoms with Crippen molar-refractivity contribution in [1.82, 2.24) is 19.9 Å². The number of halogens is 2. The molecular weight excluding hydrogens is 641 g/mol. The maximum atomic E-state index is 13.5. The van der Waals surface area contributed by atoms with Crippen LogP contribution in [0.5, 0.6) is 5.75 Å². The summed E-state index contributed by atoms with van der Waals surface area (Å²) in [7, 11) is -1.56. The molecule has 0 radical (unpaired) electrons. The zero-order valence-electron chi connectivity index (χ0n) is 25.8. The summed E-state index contributed by atoms with van der Waals surface area (Å²) in [6, 6.07) is 21.6. The highest BCUT2D eigenvalue weighted by Crippen LogP contribution is 2.40. The molecule has 1 aliphatic rings. The molecule has 1 aliphatic heterocycles. The standard InChI is InChI=1S/C35H33ClFN5O4S/c1-24(42(2)15-17-47(43,44)28-10-4-3-5-11-28)35(14-7-16-46-35)33-20-29-31(21-38-33)39-23-40-34(29)41-27-12-13-32(30(36)19-27)45-22-25-8-6-9-26(37)18-25/h3-13,16,18-21,23-24H,14-15,17,22H2,1-2H3,(H,39,40,41). The molecule has 0 saturated heterocycles. The van der Waals surface area contributed by atoms with Gasteiger partial charge in [0.2, 0.25) is 0 Å². The van der Waals surface area contributed by atoms with Gasteiger partial charge in [0.05, 0.1) is 45.4 Å². The first-order valence-electron chi connectivity index (χ1n) is 15.0. The van der Waals surface area contributed by atoms with Crippen molar-refractivity contribution in [1.29, 1.82) is 0 Å². The lowest BCUT2D eigenvalue weighted by Crippen LogP contribution is -2.49. The number of hydrogen-bond acceptors (Lipinski definition) is 9. The van der Waals surface area contributed by atoms with Crippen LogP contribution in [-0.4, -0.2) is 53.7 Å². The van der Waals surface area contributed by atoms with Gasteiger partial charge in [0.1, 0.15) is 30.3 Å². The highest BCUT2D eigenvalue weighted by atomic mass is 35.5. The number of likely N-dealkylation sites (N-methyl/N-ethyl adjacent to an activating group) is 1. The Balaban J connectivity index is 1.21. The van der Waals surface area contributed by atoms with Gasteiger partial charge in [0.15, 0.2) is 15.4 Å². The molecule has 9 nitrogen and oxygen atoms in total. The second kappa shape index (κ2) is 13.6. The van der Waals surface area contributed by atoms with Crippen LogP contribution in [0.25, 0.3) is 10.9 Å². The molecule has 0 fully saturated rings. The third-order valence-electron chi connectivity index (χ3n) is 8.38. The predicted molar refractivity (Wildman–Crippen MR) is 180 cm³/mol. The van der Waals surface area contributed by atoms with Crippen LogP contribution >= 0.6 is 11.6 Å². The Hall–Kier alpha value is -4.58. The van der Waals surface area contributed by atoms with Crippen molar-refractivity contribution >= 4 is 43.8 Å². The van der Waals surface area contributed by atoms with E-state index in [1.165, 1.54) is 18.5 Å². The monoisotopic (exact) mass is 673 g/mol. The first kappa shape index (κ1) is 32.4. The molecule has 0 bridgehead atoms. The number of sulfone groups is 1. The van der Waals surface area contributed by atoms with Crippen LogP contribution in [0.2, 0.25) is 5.02 Å². The summed E-state index contributed by atoms with van der Waals surface area (Å²) >= 11 is 6.55. The van der Waals surface area contributed by atoms with Gasteiger partial charge >= 0.3 is 0 Å². The van der Waals surface area contributed by atoms with Crippen molar-refractivity contribution in [2.24, 2.45) is 0 Å². The van der Waals surface area contributed by atoms with E-state index in [9.17, 15) is 12.8 Å². The van der Waals surface area contributed by atoms with Crippen molar-refractivity contribution in [2.75, 3.05) is 24.7 Å². The molecule has 0 aliphatic carbocycles. The van der Waals surface area contributed by atoms with Crippen LogP contribution in [0.4, 0.5) is 15.9 Å². The van der Waals surface area contributed by atoms with E-state index in [1.54, 1.807) is 67.1 Å². The predicted octanol–water partition coefficient (Wildman–Crippen LogP) is 7.06. The van der Waals surface area contributed by atoms with Crippen LogP contribution in [0.1, 0.15) is 24.6 Å². The summed E-state index contributed by atoms with van der Waals surface area (Å²) in [5.41, 5.74) is 1.79. The largest absolute Gasteiger partial charge is 0.487 e. The van der Waals surface area contributed by atoms with Gasteiger partial charge in [0.25, 0.3) is 0 Å². The molecule has 0 spiro atoms. The van der Waals surface area contributed by atoms with Crippen molar-refractivity contribution in [2.45, 2.75) is 36.5 Å². The summed E-state index contributed by atoms with van der Waals surface area (Å²) in [5.74, 6) is 0.637. The molecule has 0 amide bonds. The normalized spacial score (nSPS) is 16.7. The molecule has 5 aromatic rings. The maximum Gasteiger partial charge on any atom is 0.179 e. The minimum atomic E-state index is -3.45. The van der Waals surface area contributed by atoms with Crippen LogP contribution in [-0.2, 0) is 26.8 Å². The molecule has 0 saturated carbocycles. The van der Waals surface area contributed by atoms with Crippen LogP contribution in [0.3, 0.4) is 0 Å². The van der Waals surface area contributed by atoms with Crippen LogP contribution < -0.4 is 10.1 Å². The summed E-state index contributed by atoms with van der Waals surface area (Å²) in [4.78, 5) is 16.0. The van der Waals surface area contributed by atoms with Gasteiger partial charge in [-0.3, -0.25) is 9.88 Å². The fourth-order valence-electron chi connectivity index (χ4n) is 5.56. The SMILES string of the molecule is CC(N(C)CCS(=O)(=O)c1ccccc1)C1(c2cc3c(Nc4ccc(OCc5cccc(F)c5)c(Cl)c4)ncnc3cn2)CC=CO1.